The van der Waals surface area contributed by atoms with Crippen molar-refractivity contribution in [3.63, 3.8) is 0 Å². The third-order valence-corrected chi connectivity index (χ3v) is 4.25. The van der Waals surface area contributed by atoms with Crippen molar-refractivity contribution in [3.05, 3.63) is 41.6 Å². The van der Waals surface area contributed by atoms with Crippen LogP contribution in [0.2, 0.25) is 0 Å². The molecule has 3 N–H and O–H groups in total. The molecule has 1 aromatic carbocycles. The van der Waals surface area contributed by atoms with Gasteiger partial charge in [0.2, 0.25) is 0 Å². The van der Waals surface area contributed by atoms with Crippen LogP contribution in [0.4, 0.5) is 0 Å². The van der Waals surface area contributed by atoms with Gasteiger partial charge in [0.25, 0.3) is 0 Å². The van der Waals surface area contributed by atoms with Crippen molar-refractivity contribution in [2.45, 2.75) is 26.0 Å². The summed E-state index contributed by atoms with van der Waals surface area (Å²) in [4.78, 5) is 0. The van der Waals surface area contributed by atoms with Gasteiger partial charge >= 0.3 is 0 Å². The lowest BCUT2D eigenvalue weighted by molar-refractivity contribution is 0.0846. The van der Waals surface area contributed by atoms with Gasteiger partial charge in [-0.25, -0.2) is 0 Å². The van der Waals surface area contributed by atoms with E-state index >= 15 is 0 Å². The van der Waals surface area contributed by atoms with Gasteiger partial charge < -0.3 is 10.4 Å². The number of aliphatic hydroxyl groups is 1. The second-order valence-electron chi connectivity index (χ2n) is 5.67. The Balaban J connectivity index is 1.99. The molecule has 2 aromatic rings. The van der Waals surface area contributed by atoms with Crippen molar-refractivity contribution >= 4 is 11.8 Å². The second kappa shape index (κ2) is 7.11. The number of H-pyrrole nitrogens is 1. The molecule has 21 heavy (non-hydrogen) atoms. The number of hydrogen-bond donors (Lipinski definition) is 3. The van der Waals surface area contributed by atoms with Crippen LogP contribution in [0.5, 0.6) is 0 Å². The molecule has 1 atom stereocenters. The van der Waals surface area contributed by atoms with E-state index in [9.17, 15) is 5.11 Å². The molecular formula is C16H23N3OS. The summed E-state index contributed by atoms with van der Waals surface area (Å²) in [5.41, 5.74) is 3.83. The van der Waals surface area contributed by atoms with E-state index in [1.807, 2.05) is 19.4 Å². The largest absolute Gasteiger partial charge is 0.388 e. The Bertz CT molecular complexity index is 563. The predicted molar refractivity (Wildman–Crippen MR) is 89.5 cm³/mol. The molecule has 0 amide bonds. The number of hydrogen-bond acceptors (Lipinski definition) is 4. The molecule has 5 heteroatoms. The number of rotatable bonds is 7. The lowest BCUT2D eigenvalue weighted by Crippen LogP contribution is -2.39. The summed E-state index contributed by atoms with van der Waals surface area (Å²) in [6.45, 7) is 5.18. The number of benzene rings is 1. The van der Waals surface area contributed by atoms with E-state index < -0.39 is 5.60 Å². The highest BCUT2D eigenvalue weighted by atomic mass is 32.2. The van der Waals surface area contributed by atoms with Crippen molar-refractivity contribution in [1.82, 2.24) is 15.5 Å². The molecular weight excluding hydrogens is 282 g/mol. The molecule has 0 radical (unpaired) electrons. The molecule has 0 aliphatic rings. The number of nitrogens with zero attached hydrogens (tertiary/aromatic N) is 1. The fraction of sp³-hybridized carbons (Fsp3) is 0.438. The van der Waals surface area contributed by atoms with Gasteiger partial charge in [-0.15, -0.1) is 0 Å². The van der Waals surface area contributed by atoms with Gasteiger partial charge in [0.15, 0.2) is 0 Å². The molecule has 1 heterocycles. The fourth-order valence-electron chi connectivity index (χ4n) is 2.24. The summed E-state index contributed by atoms with van der Waals surface area (Å²) in [5.74, 6) is 0.718. The molecule has 0 saturated heterocycles. The van der Waals surface area contributed by atoms with Crippen LogP contribution in [0, 0.1) is 6.92 Å². The van der Waals surface area contributed by atoms with E-state index in [0.717, 1.165) is 22.6 Å². The van der Waals surface area contributed by atoms with E-state index in [-0.39, 0.29) is 0 Å². The Morgan fingerprint density at radius 2 is 2.05 bits per heavy atom. The maximum Gasteiger partial charge on any atom is 0.0833 e. The molecule has 114 valence electrons. The van der Waals surface area contributed by atoms with Crippen LogP contribution in [0.15, 0.2) is 30.5 Å². The quantitative estimate of drug-likeness (QED) is 0.736. The second-order valence-corrected chi connectivity index (χ2v) is 6.54. The summed E-state index contributed by atoms with van der Waals surface area (Å²) >= 11 is 1.65. The van der Waals surface area contributed by atoms with Gasteiger partial charge in [0.1, 0.15) is 0 Å². The van der Waals surface area contributed by atoms with Crippen molar-refractivity contribution in [1.29, 1.82) is 0 Å². The number of aromatic amines is 1. The summed E-state index contributed by atoms with van der Waals surface area (Å²) in [7, 11) is 0. The van der Waals surface area contributed by atoms with E-state index in [2.05, 4.69) is 46.7 Å². The molecule has 0 aliphatic heterocycles. The molecule has 0 spiro atoms. The minimum Gasteiger partial charge on any atom is -0.388 e. The Morgan fingerprint density at radius 3 is 2.71 bits per heavy atom. The molecule has 0 saturated carbocycles. The Hall–Kier alpha value is -1.30. The van der Waals surface area contributed by atoms with E-state index in [0.29, 0.717) is 13.1 Å². The fourth-order valence-corrected chi connectivity index (χ4v) is 2.97. The van der Waals surface area contributed by atoms with Crippen LogP contribution in [0.25, 0.3) is 11.3 Å². The Kier molecular flexibility index (Phi) is 5.45. The lowest BCUT2D eigenvalue weighted by Gasteiger charge is -2.22. The highest BCUT2D eigenvalue weighted by Crippen LogP contribution is 2.21. The zero-order valence-electron chi connectivity index (χ0n) is 12.8. The molecule has 0 fully saturated rings. The van der Waals surface area contributed by atoms with Gasteiger partial charge in [-0.3, -0.25) is 5.10 Å². The van der Waals surface area contributed by atoms with Crippen molar-refractivity contribution < 1.29 is 5.11 Å². The van der Waals surface area contributed by atoms with E-state index in [1.165, 1.54) is 5.56 Å². The summed E-state index contributed by atoms with van der Waals surface area (Å²) in [5, 5.41) is 20.7. The molecule has 1 unspecified atom stereocenters. The Morgan fingerprint density at radius 1 is 1.33 bits per heavy atom. The first-order valence-corrected chi connectivity index (χ1v) is 8.42. The van der Waals surface area contributed by atoms with E-state index in [1.54, 1.807) is 11.8 Å². The topological polar surface area (TPSA) is 60.9 Å². The zero-order chi connectivity index (χ0) is 15.3. The molecule has 0 bridgehead atoms. The van der Waals surface area contributed by atoms with E-state index in [4.69, 9.17) is 0 Å². The van der Waals surface area contributed by atoms with Crippen molar-refractivity contribution in [2.75, 3.05) is 18.6 Å². The molecule has 2 rings (SSSR count). The van der Waals surface area contributed by atoms with Crippen LogP contribution < -0.4 is 5.32 Å². The van der Waals surface area contributed by atoms with Gasteiger partial charge in [0, 0.05) is 24.4 Å². The van der Waals surface area contributed by atoms with Crippen LogP contribution in [-0.2, 0) is 6.54 Å². The van der Waals surface area contributed by atoms with Crippen LogP contribution in [0.3, 0.4) is 0 Å². The third kappa shape index (κ3) is 4.59. The maximum absolute atomic E-state index is 10.2. The normalized spacial score (nSPS) is 14.1. The number of nitrogens with one attached hydrogen (secondary N) is 2. The first-order valence-electron chi connectivity index (χ1n) is 7.03. The first-order chi connectivity index (χ1) is 10.0. The Labute approximate surface area is 130 Å². The highest BCUT2D eigenvalue weighted by Gasteiger charge is 2.19. The average Bonchev–Trinajstić information content (AvgIpc) is 2.88. The third-order valence-electron chi connectivity index (χ3n) is 3.33. The summed E-state index contributed by atoms with van der Waals surface area (Å²) in [6.07, 6.45) is 3.84. The van der Waals surface area contributed by atoms with Crippen molar-refractivity contribution in [2.24, 2.45) is 0 Å². The van der Waals surface area contributed by atoms with Crippen LogP contribution in [-0.4, -0.2) is 39.5 Å². The molecule has 4 nitrogen and oxygen atoms in total. The number of thioether (sulfide) groups is 1. The lowest BCUT2D eigenvalue weighted by atomic mass is 10.1. The standard InChI is InChI=1S/C16H23N3OS/c1-12-4-6-13(7-5-12)15-14(9-18-19-15)8-17-10-16(2,20)11-21-3/h4-7,9,17,20H,8,10-11H2,1-3H3,(H,18,19). The predicted octanol–water partition coefficient (Wildman–Crippen LogP) is 2.59. The average molecular weight is 305 g/mol. The maximum atomic E-state index is 10.2. The van der Waals surface area contributed by atoms with Crippen LogP contribution >= 0.6 is 11.8 Å². The first kappa shape index (κ1) is 16.1. The molecule has 0 aliphatic carbocycles. The number of aryl methyl sites for hydroxylation is 1. The van der Waals surface area contributed by atoms with Gasteiger partial charge in [-0.05, 0) is 25.7 Å². The summed E-state index contributed by atoms with van der Waals surface area (Å²) < 4.78 is 0. The highest BCUT2D eigenvalue weighted by molar-refractivity contribution is 7.98. The minimum absolute atomic E-state index is 0.562. The van der Waals surface area contributed by atoms with Gasteiger partial charge in [-0.2, -0.15) is 16.9 Å². The van der Waals surface area contributed by atoms with Crippen LogP contribution in [0.1, 0.15) is 18.1 Å². The SMILES string of the molecule is CSCC(C)(O)CNCc1cn[nH]c1-c1ccc(C)cc1. The molecule has 1 aromatic heterocycles. The number of aromatic nitrogens is 2. The monoisotopic (exact) mass is 305 g/mol. The van der Waals surface area contributed by atoms with Crippen molar-refractivity contribution in [3.8, 4) is 11.3 Å². The zero-order valence-corrected chi connectivity index (χ0v) is 13.6. The van der Waals surface area contributed by atoms with Gasteiger partial charge in [-0.1, -0.05) is 29.8 Å². The van der Waals surface area contributed by atoms with Gasteiger partial charge in [0.05, 0.1) is 17.5 Å². The summed E-state index contributed by atoms with van der Waals surface area (Å²) in [6, 6.07) is 8.37. The smallest absolute Gasteiger partial charge is 0.0833 e. The minimum atomic E-state index is -0.687.